The van der Waals surface area contributed by atoms with Crippen molar-refractivity contribution >= 4 is 17.7 Å². The highest BCUT2D eigenvalue weighted by atomic mass is 32.2. The zero-order valence-corrected chi connectivity index (χ0v) is 12.4. The Hall–Kier alpha value is -1.25. The second-order valence-electron chi connectivity index (χ2n) is 5.04. The average Bonchev–Trinajstić information content (AvgIpc) is 2.56. The Kier molecular flexibility index (Phi) is 5.06. The maximum absolute atomic E-state index is 12.0. The quantitative estimate of drug-likeness (QED) is 0.800. The fraction of sp³-hybridized carbons (Fsp3) is 0.727. The van der Waals surface area contributed by atoms with Crippen molar-refractivity contribution in [2.75, 3.05) is 5.75 Å². The van der Waals surface area contributed by atoms with Crippen LogP contribution in [0.3, 0.4) is 0 Å². The lowest BCUT2D eigenvalue weighted by Gasteiger charge is -2.18. The standard InChI is InChI=1S/C11H16F3N3O2S/c1-7-8(9(18)19-10(2,3)4)15-16-17(7)5-6-20-11(12,13)14/h5-6H2,1-4H3. The van der Waals surface area contributed by atoms with Crippen LogP contribution in [0.4, 0.5) is 13.2 Å². The molecule has 0 fully saturated rings. The Morgan fingerprint density at radius 1 is 1.35 bits per heavy atom. The van der Waals surface area contributed by atoms with Gasteiger partial charge in [-0.05, 0) is 39.5 Å². The van der Waals surface area contributed by atoms with Crippen molar-refractivity contribution in [2.24, 2.45) is 0 Å². The minimum atomic E-state index is -4.28. The molecule has 0 N–H and O–H groups in total. The van der Waals surface area contributed by atoms with Crippen molar-refractivity contribution in [3.8, 4) is 0 Å². The van der Waals surface area contributed by atoms with Gasteiger partial charge in [-0.3, -0.25) is 0 Å². The van der Waals surface area contributed by atoms with Gasteiger partial charge in [0.05, 0.1) is 12.2 Å². The van der Waals surface area contributed by atoms with Crippen molar-refractivity contribution in [1.82, 2.24) is 15.0 Å². The van der Waals surface area contributed by atoms with Gasteiger partial charge in [-0.1, -0.05) is 5.21 Å². The van der Waals surface area contributed by atoms with Gasteiger partial charge in [-0.25, -0.2) is 9.48 Å². The number of carbonyl (C=O) groups excluding carboxylic acids is 1. The molecular formula is C11H16F3N3O2S. The third kappa shape index (κ3) is 5.40. The van der Waals surface area contributed by atoms with Crippen LogP contribution in [-0.4, -0.2) is 37.8 Å². The van der Waals surface area contributed by atoms with E-state index in [2.05, 4.69) is 10.3 Å². The summed E-state index contributed by atoms with van der Waals surface area (Å²) in [7, 11) is 0. The van der Waals surface area contributed by atoms with Crippen LogP contribution in [0.25, 0.3) is 0 Å². The maximum atomic E-state index is 12.0. The largest absolute Gasteiger partial charge is 0.455 e. The van der Waals surface area contributed by atoms with Gasteiger partial charge in [-0.15, -0.1) is 5.10 Å². The summed E-state index contributed by atoms with van der Waals surface area (Å²) in [5.41, 5.74) is -4.53. The lowest BCUT2D eigenvalue weighted by molar-refractivity contribution is -0.0328. The first-order valence-electron chi connectivity index (χ1n) is 5.84. The molecular weight excluding hydrogens is 295 g/mol. The summed E-state index contributed by atoms with van der Waals surface area (Å²) in [6, 6.07) is 0. The van der Waals surface area contributed by atoms with Crippen LogP contribution >= 0.6 is 11.8 Å². The average molecular weight is 311 g/mol. The molecule has 0 amide bonds. The van der Waals surface area contributed by atoms with Crippen molar-refractivity contribution in [2.45, 2.75) is 45.3 Å². The van der Waals surface area contributed by atoms with Gasteiger partial charge < -0.3 is 4.74 Å². The summed E-state index contributed by atoms with van der Waals surface area (Å²) in [6.07, 6.45) is 0. The number of ether oxygens (including phenoxy) is 1. The van der Waals surface area contributed by atoms with E-state index in [0.29, 0.717) is 5.69 Å². The number of aryl methyl sites for hydroxylation is 1. The van der Waals surface area contributed by atoms with Gasteiger partial charge in [0.1, 0.15) is 5.60 Å². The van der Waals surface area contributed by atoms with Crippen molar-refractivity contribution in [1.29, 1.82) is 0 Å². The molecule has 9 heteroatoms. The predicted molar refractivity (Wildman–Crippen MR) is 68.4 cm³/mol. The molecule has 0 saturated carbocycles. The van der Waals surface area contributed by atoms with Gasteiger partial charge in [0.25, 0.3) is 0 Å². The highest BCUT2D eigenvalue weighted by Gasteiger charge is 2.28. The second-order valence-corrected chi connectivity index (χ2v) is 6.20. The van der Waals surface area contributed by atoms with Crippen LogP contribution in [-0.2, 0) is 11.3 Å². The molecule has 0 spiro atoms. The van der Waals surface area contributed by atoms with Gasteiger partial charge in [0.2, 0.25) is 0 Å². The number of rotatable bonds is 4. The molecule has 1 heterocycles. The summed E-state index contributed by atoms with van der Waals surface area (Å²) < 4.78 is 42.5. The van der Waals surface area contributed by atoms with Crippen molar-refractivity contribution in [3.05, 3.63) is 11.4 Å². The maximum Gasteiger partial charge on any atom is 0.441 e. The zero-order chi connectivity index (χ0) is 15.6. The Labute approximate surface area is 118 Å². The summed E-state index contributed by atoms with van der Waals surface area (Å²) in [5, 5.41) is 7.33. The van der Waals surface area contributed by atoms with E-state index in [1.807, 2.05) is 0 Å². The molecule has 1 rings (SSSR count). The highest BCUT2D eigenvalue weighted by molar-refractivity contribution is 8.00. The molecule has 20 heavy (non-hydrogen) atoms. The lowest BCUT2D eigenvalue weighted by Crippen LogP contribution is -2.24. The molecule has 0 radical (unpaired) electrons. The van der Waals surface area contributed by atoms with E-state index in [1.54, 1.807) is 27.7 Å². The number of thioether (sulfide) groups is 1. The first kappa shape index (κ1) is 16.8. The van der Waals surface area contributed by atoms with Crippen molar-refractivity contribution in [3.63, 3.8) is 0 Å². The number of nitrogens with zero attached hydrogens (tertiary/aromatic N) is 3. The van der Waals surface area contributed by atoms with Gasteiger partial charge in [-0.2, -0.15) is 13.2 Å². The minimum absolute atomic E-state index is 0.0197. The van der Waals surface area contributed by atoms with Gasteiger partial charge >= 0.3 is 11.5 Å². The molecule has 114 valence electrons. The number of hydrogen-bond donors (Lipinski definition) is 0. The number of carbonyl (C=O) groups is 1. The minimum Gasteiger partial charge on any atom is -0.455 e. The third-order valence-electron chi connectivity index (χ3n) is 2.14. The van der Waals surface area contributed by atoms with E-state index in [9.17, 15) is 18.0 Å². The van der Waals surface area contributed by atoms with Gasteiger partial charge in [0, 0.05) is 5.75 Å². The van der Waals surface area contributed by atoms with Gasteiger partial charge in [0.15, 0.2) is 5.69 Å². The number of aromatic nitrogens is 3. The number of alkyl halides is 3. The van der Waals surface area contributed by atoms with E-state index in [0.717, 1.165) is 0 Å². The van der Waals surface area contributed by atoms with Crippen LogP contribution in [0.2, 0.25) is 0 Å². The Balaban J connectivity index is 2.68. The van der Waals surface area contributed by atoms with Crippen LogP contribution in [0, 0.1) is 6.92 Å². The predicted octanol–water partition coefficient (Wildman–Crippen LogP) is 2.79. The topological polar surface area (TPSA) is 57.0 Å². The monoisotopic (exact) mass is 311 g/mol. The highest BCUT2D eigenvalue weighted by Crippen LogP contribution is 2.30. The van der Waals surface area contributed by atoms with Crippen molar-refractivity contribution < 1.29 is 22.7 Å². The molecule has 0 saturated heterocycles. The molecule has 0 unspecified atom stereocenters. The molecule has 0 aliphatic heterocycles. The Morgan fingerprint density at radius 3 is 2.45 bits per heavy atom. The summed E-state index contributed by atoms with van der Waals surface area (Å²) in [5.74, 6) is -0.828. The normalized spacial score (nSPS) is 12.6. The first-order chi connectivity index (χ1) is 8.99. The van der Waals surface area contributed by atoms with E-state index < -0.39 is 17.1 Å². The molecule has 1 aromatic rings. The van der Waals surface area contributed by atoms with Crippen LogP contribution in [0.15, 0.2) is 0 Å². The van der Waals surface area contributed by atoms with E-state index in [4.69, 9.17) is 4.74 Å². The first-order valence-corrected chi connectivity index (χ1v) is 6.82. The lowest BCUT2D eigenvalue weighted by atomic mass is 10.2. The molecule has 5 nitrogen and oxygen atoms in total. The fourth-order valence-corrected chi connectivity index (χ4v) is 1.83. The second kappa shape index (κ2) is 6.02. The fourth-order valence-electron chi connectivity index (χ4n) is 1.34. The molecule has 0 bridgehead atoms. The number of hydrogen-bond acceptors (Lipinski definition) is 5. The van der Waals surface area contributed by atoms with E-state index in [1.165, 1.54) is 4.68 Å². The Morgan fingerprint density at radius 2 is 1.95 bits per heavy atom. The van der Waals surface area contributed by atoms with E-state index in [-0.39, 0.29) is 29.8 Å². The summed E-state index contributed by atoms with van der Waals surface area (Å²) in [6.45, 7) is 6.73. The molecule has 0 atom stereocenters. The zero-order valence-electron chi connectivity index (χ0n) is 11.6. The summed E-state index contributed by atoms with van der Waals surface area (Å²) in [4.78, 5) is 11.8. The molecule has 0 aliphatic carbocycles. The third-order valence-corrected chi connectivity index (χ3v) is 2.86. The Bertz CT molecular complexity index is 480. The van der Waals surface area contributed by atoms with Crippen LogP contribution in [0.5, 0.6) is 0 Å². The van der Waals surface area contributed by atoms with Crippen LogP contribution in [0.1, 0.15) is 37.0 Å². The number of halogens is 3. The van der Waals surface area contributed by atoms with E-state index >= 15 is 0 Å². The smallest absolute Gasteiger partial charge is 0.441 e. The molecule has 0 aromatic carbocycles. The molecule has 0 aliphatic rings. The number of esters is 1. The SMILES string of the molecule is Cc1c(C(=O)OC(C)(C)C)nnn1CCSC(F)(F)F. The van der Waals surface area contributed by atoms with Crippen LogP contribution < -0.4 is 0 Å². The summed E-state index contributed by atoms with van der Waals surface area (Å²) >= 11 is -0.140. The molecule has 1 aromatic heterocycles.